The van der Waals surface area contributed by atoms with Gasteiger partial charge in [0.25, 0.3) is 0 Å². The number of hydrogen-bond acceptors (Lipinski definition) is 11. The third-order valence-corrected chi connectivity index (χ3v) is 6.18. The van der Waals surface area contributed by atoms with Crippen LogP contribution in [0.15, 0.2) is 0 Å². The normalized spacial score (nSPS) is 11.2. The molecule has 0 aromatic rings. The molecule has 0 fully saturated rings. The van der Waals surface area contributed by atoms with E-state index in [-0.39, 0.29) is 25.2 Å². The Kier molecular flexibility index (Phi) is 35.7. The first-order valence-electron chi connectivity index (χ1n) is 16.6. The zero-order valence-electron chi connectivity index (χ0n) is 27.3. The van der Waals surface area contributed by atoms with Crippen molar-refractivity contribution in [1.82, 2.24) is 0 Å². The minimum Gasteiger partial charge on any atom is -0.463 e. The smallest absolute Gasteiger partial charge is 0.305 e. The van der Waals surface area contributed by atoms with Crippen LogP contribution in [0, 0.1) is 0 Å². The van der Waals surface area contributed by atoms with Crippen molar-refractivity contribution in [2.45, 2.75) is 90.9 Å². The molecule has 43 heavy (non-hydrogen) atoms. The van der Waals surface area contributed by atoms with Gasteiger partial charge in [0, 0.05) is 12.8 Å². The van der Waals surface area contributed by atoms with Crippen LogP contribution in [0.1, 0.15) is 90.9 Å². The summed E-state index contributed by atoms with van der Waals surface area (Å²) in [6, 6.07) is 0. The Morgan fingerprint density at radius 3 is 0.860 bits per heavy atom. The van der Waals surface area contributed by atoms with Gasteiger partial charge in [-0.2, -0.15) is 0 Å². The summed E-state index contributed by atoms with van der Waals surface area (Å²) in [6.45, 7) is 11.4. The van der Waals surface area contributed by atoms with Gasteiger partial charge in [0.1, 0.15) is 13.2 Å². The van der Waals surface area contributed by atoms with Crippen molar-refractivity contribution >= 4 is 11.9 Å². The summed E-state index contributed by atoms with van der Waals surface area (Å²) in [5.74, 6) is -0.297. The maximum Gasteiger partial charge on any atom is 0.305 e. The minimum atomic E-state index is -0.153. The molecule has 256 valence electrons. The molecule has 11 heteroatoms. The van der Waals surface area contributed by atoms with E-state index in [0.29, 0.717) is 105 Å². The van der Waals surface area contributed by atoms with E-state index < -0.39 is 0 Å². The lowest BCUT2D eigenvalue weighted by atomic mass is 10.1. The van der Waals surface area contributed by atoms with Crippen molar-refractivity contribution in [3.63, 3.8) is 0 Å². The van der Waals surface area contributed by atoms with Crippen LogP contribution in [0.25, 0.3) is 0 Å². The Hall–Kier alpha value is -1.34. The van der Waals surface area contributed by atoms with Crippen molar-refractivity contribution < 1.29 is 52.2 Å². The lowest BCUT2D eigenvalue weighted by Crippen LogP contribution is -2.15. The molecule has 0 rings (SSSR count). The van der Waals surface area contributed by atoms with Gasteiger partial charge in [-0.15, -0.1) is 0 Å². The van der Waals surface area contributed by atoms with Gasteiger partial charge in [-0.05, 0) is 12.8 Å². The Bertz CT molecular complexity index is 578. The van der Waals surface area contributed by atoms with E-state index in [0.717, 1.165) is 38.5 Å². The Balaban J connectivity index is 3.14. The maximum absolute atomic E-state index is 11.6. The van der Waals surface area contributed by atoms with E-state index >= 15 is 0 Å². The zero-order chi connectivity index (χ0) is 31.3. The average molecular weight is 623 g/mol. The molecule has 0 saturated carbocycles. The summed E-state index contributed by atoms with van der Waals surface area (Å²) in [5, 5.41) is 0. The second-order valence-electron chi connectivity index (χ2n) is 10.1. The number of rotatable bonds is 36. The highest BCUT2D eigenvalue weighted by molar-refractivity contribution is 5.69. The average Bonchev–Trinajstić information content (AvgIpc) is 3.01. The zero-order valence-corrected chi connectivity index (χ0v) is 27.3. The molecule has 11 nitrogen and oxygen atoms in total. The van der Waals surface area contributed by atoms with Crippen molar-refractivity contribution in [3.05, 3.63) is 0 Å². The summed E-state index contributed by atoms with van der Waals surface area (Å²) in [6.07, 6.45) is 12.2. The van der Waals surface area contributed by atoms with Gasteiger partial charge in [0.2, 0.25) is 0 Å². The highest BCUT2D eigenvalue weighted by atomic mass is 16.6. The van der Waals surface area contributed by atoms with E-state index in [9.17, 15) is 9.59 Å². The summed E-state index contributed by atoms with van der Waals surface area (Å²) in [5.41, 5.74) is 0. The molecule has 0 unspecified atom stereocenters. The van der Waals surface area contributed by atoms with Crippen LogP contribution >= 0.6 is 0 Å². The lowest BCUT2D eigenvalue weighted by molar-refractivity contribution is -0.146. The third kappa shape index (κ3) is 36.8. The van der Waals surface area contributed by atoms with Crippen molar-refractivity contribution in [2.75, 3.05) is 106 Å². The van der Waals surface area contributed by atoms with Crippen LogP contribution in [0.4, 0.5) is 0 Å². The molecule has 0 saturated heterocycles. The Morgan fingerprint density at radius 1 is 0.326 bits per heavy atom. The van der Waals surface area contributed by atoms with Crippen molar-refractivity contribution in [2.24, 2.45) is 0 Å². The van der Waals surface area contributed by atoms with Crippen LogP contribution in [0.2, 0.25) is 0 Å². The summed E-state index contributed by atoms with van der Waals surface area (Å²) < 4.78 is 48.4. The summed E-state index contributed by atoms with van der Waals surface area (Å²) in [4.78, 5) is 23.2. The molecule has 0 radical (unpaired) electrons. The number of esters is 2. The number of unbranched alkanes of at least 4 members (excludes halogenated alkanes) is 8. The highest BCUT2D eigenvalue weighted by Gasteiger charge is 2.03. The van der Waals surface area contributed by atoms with Gasteiger partial charge in [-0.3, -0.25) is 9.59 Å². The van der Waals surface area contributed by atoms with Gasteiger partial charge >= 0.3 is 11.9 Å². The van der Waals surface area contributed by atoms with E-state index in [1.54, 1.807) is 0 Å². The van der Waals surface area contributed by atoms with Gasteiger partial charge < -0.3 is 42.6 Å². The molecule has 0 heterocycles. The van der Waals surface area contributed by atoms with Crippen molar-refractivity contribution in [1.29, 1.82) is 0 Å². The number of ether oxygens (including phenoxy) is 9. The maximum atomic E-state index is 11.6. The van der Waals surface area contributed by atoms with E-state index in [4.69, 9.17) is 42.6 Å². The second-order valence-corrected chi connectivity index (χ2v) is 10.1. The van der Waals surface area contributed by atoms with Crippen LogP contribution in [0.5, 0.6) is 0 Å². The minimum absolute atomic E-state index is 0.144. The first kappa shape index (κ1) is 41.7. The predicted molar refractivity (Wildman–Crippen MR) is 164 cm³/mol. The van der Waals surface area contributed by atoms with E-state index in [1.165, 1.54) is 25.7 Å². The largest absolute Gasteiger partial charge is 0.463 e. The quantitative estimate of drug-likeness (QED) is 0.0701. The summed E-state index contributed by atoms with van der Waals surface area (Å²) in [7, 11) is 0. The van der Waals surface area contributed by atoms with E-state index in [1.807, 2.05) is 0 Å². The lowest BCUT2D eigenvalue weighted by Gasteiger charge is -2.09. The molecule has 0 bridgehead atoms. The SMILES string of the molecule is CCCCCCCCC(=O)OCCOCCOCCOCCOCCOCCOCCOCCOC(=O)CCCCCC. The second kappa shape index (κ2) is 36.8. The van der Waals surface area contributed by atoms with Crippen LogP contribution in [-0.2, 0) is 52.2 Å². The molecule has 0 aromatic heterocycles. The fraction of sp³-hybridized carbons (Fsp3) is 0.938. The molecular weight excluding hydrogens is 560 g/mol. The first-order valence-corrected chi connectivity index (χ1v) is 16.6. The van der Waals surface area contributed by atoms with Crippen LogP contribution in [0.3, 0.4) is 0 Å². The fourth-order valence-electron chi connectivity index (χ4n) is 3.74. The van der Waals surface area contributed by atoms with Crippen LogP contribution in [-0.4, -0.2) is 118 Å². The molecule has 0 amide bonds. The fourth-order valence-corrected chi connectivity index (χ4v) is 3.74. The van der Waals surface area contributed by atoms with E-state index in [2.05, 4.69) is 13.8 Å². The number of carbonyl (C=O) groups is 2. The molecular formula is C32H62O11. The van der Waals surface area contributed by atoms with Gasteiger partial charge in [0.05, 0.1) is 92.5 Å². The predicted octanol–water partition coefficient (Wildman–Crippen LogP) is 4.91. The Morgan fingerprint density at radius 2 is 0.558 bits per heavy atom. The van der Waals surface area contributed by atoms with Crippen molar-refractivity contribution in [3.8, 4) is 0 Å². The highest BCUT2D eigenvalue weighted by Crippen LogP contribution is 2.07. The molecule has 0 aromatic carbocycles. The van der Waals surface area contributed by atoms with Gasteiger partial charge in [0.15, 0.2) is 0 Å². The number of carbonyl (C=O) groups excluding carboxylic acids is 2. The van der Waals surface area contributed by atoms with Crippen LogP contribution < -0.4 is 0 Å². The summed E-state index contributed by atoms with van der Waals surface area (Å²) >= 11 is 0. The third-order valence-electron chi connectivity index (χ3n) is 6.18. The van der Waals surface area contributed by atoms with Gasteiger partial charge in [-0.25, -0.2) is 0 Å². The number of hydrogen-bond donors (Lipinski definition) is 0. The molecule has 0 N–H and O–H groups in total. The standard InChI is InChI=1S/C32H62O11/c1-3-5-7-9-10-12-14-32(34)43-30-28-41-26-24-39-22-20-37-18-16-35-15-17-36-19-21-38-23-25-40-27-29-42-31(33)13-11-8-6-4-2/h3-30H2,1-2H3. The first-order chi connectivity index (χ1) is 21.2. The van der Waals surface area contributed by atoms with Gasteiger partial charge in [-0.1, -0.05) is 65.2 Å². The molecule has 0 atom stereocenters. The molecule has 0 aliphatic carbocycles. The monoisotopic (exact) mass is 622 g/mol. The molecule has 0 spiro atoms. The molecule has 0 aliphatic heterocycles. The Labute approximate surface area is 260 Å². The topological polar surface area (TPSA) is 117 Å². The molecule has 0 aliphatic rings.